The summed E-state index contributed by atoms with van der Waals surface area (Å²) in [6.07, 6.45) is 0. The second kappa shape index (κ2) is 4.64. The van der Waals surface area contributed by atoms with Gasteiger partial charge in [-0.15, -0.1) is 5.56 Å². The summed E-state index contributed by atoms with van der Waals surface area (Å²) >= 11 is 0. The number of benzene rings is 1. The first-order valence-electron chi connectivity index (χ1n) is 2.58. The summed E-state index contributed by atoms with van der Waals surface area (Å²) in [6, 6.07) is 10.6. The minimum absolute atomic E-state index is 0. The van der Waals surface area contributed by atoms with E-state index in [4.69, 9.17) is 5.73 Å². The fraction of sp³-hybridized carbons (Fsp3) is 0.143. The molecule has 1 rings (SSSR count). The normalized spacial score (nSPS) is 8.11. The van der Waals surface area contributed by atoms with Crippen LogP contribution in [0.2, 0.25) is 0 Å². The zero-order valence-electron chi connectivity index (χ0n) is 5.59. The monoisotopic (exact) mass is 113 g/mol. The molecule has 1 aromatic rings. The Morgan fingerprint density at radius 2 is 2.33 bits per heavy atom. The van der Waals surface area contributed by atoms with Gasteiger partial charge in [0.2, 0.25) is 0 Å². The molecule has 1 nitrogen and oxygen atoms in total. The molecule has 0 aliphatic carbocycles. The van der Waals surface area contributed by atoms with Gasteiger partial charge in [-0.3, -0.25) is 0 Å². The molecule has 0 amide bonds. The van der Waals surface area contributed by atoms with Crippen LogP contribution >= 0.6 is 0 Å². The molecule has 0 unspecified atom stereocenters. The van der Waals surface area contributed by atoms with Crippen molar-refractivity contribution < 1.29 is 18.9 Å². The molecule has 0 radical (unpaired) electrons. The molecule has 2 heteroatoms. The van der Waals surface area contributed by atoms with Crippen LogP contribution in [0.5, 0.6) is 0 Å². The summed E-state index contributed by atoms with van der Waals surface area (Å²) in [4.78, 5) is 0. The summed E-state index contributed by atoms with van der Waals surface area (Å²) in [5.41, 5.74) is 6.46. The third kappa shape index (κ3) is 2.72. The molecule has 0 fully saturated rings. The van der Waals surface area contributed by atoms with Gasteiger partial charge in [0.1, 0.15) is 0 Å². The SMILES string of the molecule is NCc1c[c-]ccc1.[Li+]. The van der Waals surface area contributed by atoms with Crippen molar-refractivity contribution >= 4 is 0 Å². The summed E-state index contributed by atoms with van der Waals surface area (Å²) in [6.45, 7) is 0.608. The van der Waals surface area contributed by atoms with Crippen LogP contribution in [0.4, 0.5) is 0 Å². The summed E-state index contributed by atoms with van der Waals surface area (Å²) in [7, 11) is 0. The Bertz CT molecular complexity index is 150. The Hall–Kier alpha value is -0.223. The van der Waals surface area contributed by atoms with Gasteiger partial charge in [0, 0.05) is 0 Å². The van der Waals surface area contributed by atoms with Crippen molar-refractivity contribution in [1.29, 1.82) is 0 Å². The first-order chi connectivity index (χ1) is 3.93. The van der Waals surface area contributed by atoms with Crippen LogP contribution in [-0.2, 0) is 6.54 Å². The molecule has 0 bridgehead atoms. The van der Waals surface area contributed by atoms with Gasteiger partial charge in [0.25, 0.3) is 0 Å². The van der Waals surface area contributed by atoms with E-state index in [-0.39, 0.29) is 18.9 Å². The second-order valence-corrected chi connectivity index (χ2v) is 1.62. The molecular weight excluding hydrogens is 105 g/mol. The minimum Gasteiger partial charge on any atom is -0.337 e. The van der Waals surface area contributed by atoms with E-state index in [1.54, 1.807) is 0 Å². The van der Waals surface area contributed by atoms with Crippen molar-refractivity contribution in [2.24, 2.45) is 5.73 Å². The van der Waals surface area contributed by atoms with Gasteiger partial charge >= 0.3 is 18.9 Å². The number of rotatable bonds is 1. The maximum atomic E-state index is 5.33. The number of hydrogen-bond donors (Lipinski definition) is 1. The van der Waals surface area contributed by atoms with Crippen molar-refractivity contribution in [3.8, 4) is 0 Å². The second-order valence-electron chi connectivity index (χ2n) is 1.62. The molecule has 0 saturated heterocycles. The fourth-order valence-electron chi connectivity index (χ4n) is 0.557. The van der Waals surface area contributed by atoms with Gasteiger partial charge in [-0.1, -0.05) is 0 Å². The largest absolute Gasteiger partial charge is 1.00 e. The first-order valence-corrected chi connectivity index (χ1v) is 2.58. The number of nitrogens with two attached hydrogens (primary N) is 1. The molecule has 0 atom stereocenters. The molecule has 0 aliphatic heterocycles. The minimum atomic E-state index is 0. The van der Waals surface area contributed by atoms with E-state index in [0.29, 0.717) is 6.54 Å². The van der Waals surface area contributed by atoms with Crippen molar-refractivity contribution in [2.75, 3.05) is 0 Å². The maximum Gasteiger partial charge on any atom is 1.00 e. The van der Waals surface area contributed by atoms with Crippen molar-refractivity contribution in [3.05, 3.63) is 35.9 Å². The van der Waals surface area contributed by atoms with Crippen LogP contribution in [0, 0.1) is 6.07 Å². The zero-order valence-corrected chi connectivity index (χ0v) is 5.59. The van der Waals surface area contributed by atoms with Crippen molar-refractivity contribution in [3.63, 3.8) is 0 Å². The van der Waals surface area contributed by atoms with Crippen LogP contribution < -0.4 is 24.6 Å². The van der Waals surface area contributed by atoms with Gasteiger partial charge < -0.3 is 5.73 Å². The standard InChI is InChI=1S/C7H8N.Li/c8-6-7-4-2-1-3-5-7;/h1-2,4-5H,6,8H2;/q-1;+1. The Kier molecular flexibility index (Phi) is 4.52. The smallest absolute Gasteiger partial charge is 0.337 e. The summed E-state index contributed by atoms with van der Waals surface area (Å²) in [5, 5.41) is 0. The van der Waals surface area contributed by atoms with E-state index in [1.807, 2.05) is 24.3 Å². The molecule has 0 saturated carbocycles. The molecule has 0 aliphatic rings. The average Bonchev–Trinajstić information content (AvgIpc) is 1.90. The van der Waals surface area contributed by atoms with E-state index in [1.165, 1.54) is 0 Å². The molecule has 9 heavy (non-hydrogen) atoms. The molecule has 1 aromatic carbocycles. The topological polar surface area (TPSA) is 26.0 Å². The predicted molar refractivity (Wildman–Crippen MR) is 33.2 cm³/mol. The summed E-state index contributed by atoms with van der Waals surface area (Å²) in [5.74, 6) is 0. The van der Waals surface area contributed by atoms with Gasteiger partial charge in [-0.05, 0) is 6.54 Å². The average molecular weight is 113 g/mol. The van der Waals surface area contributed by atoms with E-state index >= 15 is 0 Å². The first kappa shape index (κ1) is 8.78. The third-order valence-electron chi connectivity index (χ3n) is 1.01. The molecular formula is C7H8LiN. The maximum absolute atomic E-state index is 5.33. The van der Waals surface area contributed by atoms with Gasteiger partial charge in [0.15, 0.2) is 0 Å². The Balaban J connectivity index is 0.000000640. The van der Waals surface area contributed by atoms with E-state index in [9.17, 15) is 0 Å². The third-order valence-corrected chi connectivity index (χ3v) is 1.01. The van der Waals surface area contributed by atoms with Crippen LogP contribution in [0.1, 0.15) is 5.56 Å². The Morgan fingerprint density at radius 1 is 1.56 bits per heavy atom. The predicted octanol–water partition coefficient (Wildman–Crippen LogP) is -2.05. The quantitative estimate of drug-likeness (QED) is 0.329. The fourth-order valence-corrected chi connectivity index (χ4v) is 0.557. The van der Waals surface area contributed by atoms with E-state index in [0.717, 1.165) is 5.56 Å². The molecule has 0 heterocycles. The van der Waals surface area contributed by atoms with E-state index < -0.39 is 0 Å². The zero-order chi connectivity index (χ0) is 5.82. The van der Waals surface area contributed by atoms with E-state index in [2.05, 4.69) is 6.07 Å². The number of hydrogen-bond acceptors (Lipinski definition) is 1. The Labute approximate surface area is 67.4 Å². The molecule has 42 valence electrons. The van der Waals surface area contributed by atoms with Crippen LogP contribution in [-0.4, -0.2) is 0 Å². The van der Waals surface area contributed by atoms with Crippen LogP contribution in [0.15, 0.2) is 24.3 Å². The Morgan fingerprint density at radius 3 is 2.67 bits per heavy atom. The van der Waals surface area contributed by atoms with Crippen molar-refractivity contribution in [2.45, 2.75) is 6.54 Å². The van der Waals surface area contributed by atoms with Gasteiger partial charge in [-0.2, -0.15) is 30.3 Å². The van der Waals surface area contributed by atoms with Crippen molar-refractivity contribution in [1.82, 2.24) is 0 Å². The molecule has 0 aromatic heterocycles. The molecule has 2 N–H and O–H groups in total. The van der Waals surface area contributed by atoms with Gasteiger partial charge in [-0.25, -0.2) is 0 Å². The van der Waals surface area contributed by atoms with Crippen LogP contribution in [0.25, 0.3) is 0 Å². The van der Waals surface area contributed by atoms with Crippen LogP contribution in [0.3, 0.4) is 0 Å². The molecule has 0 spiro atoms. The summed E-state index contributed by atoms with van der Waals surface area (Å²) < 4.78 is 0. The van der Waals surface area contributed by atoms with Gasteiger partial charge in [0.05, 0.1) is 0 Å².